The summed E-state index contributed by atoms with van der Waals surface area (Å²) < 4.78 is 19.8. The highest BCUT2D eigenvalue weighted by atomic mass is 19.1. The molecule has 0 radical (unpaired) electrons. The van der Waals surface area contributed by atoms with Crippen molar-refractivity contribution >= 4 is 0 Å². The molecule has 0 heterocycles. The van der Waals surface area contributed by atoms with Gasteiger partial charge in [0, 0.05) is 18.2 Å². The van der Waals surface area contributed by atoms with Crippen LogP contribution in [-0.4, -0.2) is 6.04 Å². The molecule has 20 heavy (non-hydrogen) atoms. The SMILES string of the molecule is Cc1cccc(Oc2cccc(F)c2CNC2CC2)c1. The van der Waals surface area contributed by atoms with Crippen molar-refractivity contribution in [1.29, 1.82) is 0 Å². The normalized spacial score (nSPS) is 14.3. The van der Waals surface area contributed by atoms with E-state index in [-0.39, 0.29) is 5.82 Å². The first-order chi connectivity index (χ1) is 9.72. The Morgan fingerprint density at radius 2 is 2.00 bits per heavy atom. The molecule has 2 aromatic carbocycles. The molecule has 0 aliphatic heterocycles. The second-order valence-electron chi connectivity index (χ2n) is 5.29. The molecule has 0 bridgehead atoms. The Balaban J connectivity index is 1.82. The summed E-state index contributed by atoms with van der Waals surface area (Å²) in [5.41, 5.74) is 1.72. The van der Waals surface area contributed by atoms with Gasteiger partial charge in [0.05, 0.1) is 0 Å². The highest BCUT2D eigenvalue weighted by Crippen LogP contribution is 2.29. The first-order valence-corrected chi connectivity index (χ1v) is 6.97. The molecule has 2 aromatic rings. The maximum Gasteiger partial charge on any atom is 0.134 e. The summed E-state index contributed by atoms with van der Waals surface area (Å²) in [5.74, 6) is 1.11. The predicted molar refractivity (Wildman–Crippen MR) is 77.5 cm³/mol. The van der Waals surface area contributed by atoms with Gasteiger partial charge in [0.1, 0.15) is 17.3 Å². The fraction of sp³-hybridized carbons (Fsp3) is 0.294. The van der Waals surface area contributed by atoms with E-state index in [9.17, 15) is 4.39 Å². The number of halogens is 1. The molecule has 0 spiro atoms. The average molecular weight is 271 g/mol. The minimum Gasteiger partial charge on any atom is -0.457 e. The second kappa shape index (κ2) is 5.63. The van der Waals surface area contributed by atoms with E-state index in [0.29, 0.717) is 23.9 Å². The van der Waals surface area contributed by atoms with Crippen molar-refractivity contribution in [2.45, 2.75) is 32.4 Å². The third-order valence-electron chi connectivity index (χ3n) is 3.44. The Morgan fingerprint density at radius 3 is 2.75 bits per heavy atom. The van der Waals surface area contributed by atoms with Crippen molar-refractivity contribution in [3.05, 3.63) is 59.4 Å². The van der Waals surface area contributed by atoms with Gasteiger partial charge in [0.25, 0.3) is 0 Å². The number of benzene rings is 2. The number of ether oxygens (including phenoxy) is 1. The van der Waals surface area contributed by atoms with Crippen LogP contribution in [0.3, 0.4) is 0 Å². The van der Waals surface area contributed by atoms with Crippen molar-refractivity contribution in [2.24, 2.45) is 0 Å². The minimum absolute atomic E-state index is 0.219. The van der Waals surface area contributed by atoms with Crippen LogP contribution in [-0.2, 0) is 6.54 Å². The molecule has 104 valence electrons. The van der Waals surface area contributed by atoms with Gasteiger partial charge in [0.15, 0.2) is 0 Å². The molecule has 1 N–H and O–H groups in total. The summed E-state index contributed by atoms with van der Waals surface area (Å²) in [5, 5.41) is 3.33. The molecule has 3 rings (SSSR count). The Labute approximate surface area is 118 Å². The summed E-state index contributed by atoms with van der Waals surface area (Å²) in [6, 6.07) is 13.3. The zero-order chi connectivity index (χ0) is 13.9. The fourth-order valence-electron chi connectivity index (χ4n) is 2.15. The third-order valence-corrected chi connectivity index (χ3v) is 3.44. The lowest BCUT2D eigenvalue weighted by Crippen LogP contribution is -2.16. The first-order valence-electron chi connectivity index (χ1n) is 6.97. The standard InChI is InChI=1S/C17H18FNO/c1-12-4-2-5-14(10-12)20-17-7-3-6-16(18)15(17)11-19-13-8-9-13/h2-7,10,13,19H,8-9,11H2,1H3. The van der Waals surface area contributed by atoms with Gasteiger partial charge in [-0.3, -0.25) is 0 Å². The lowest BCUT2D eigenvalue weighted by molar-refractivity contribution is 0.461. The second-order valence-corrected chi connectivity index (χ2v) is 5.29. The van der Waals surface area contributed by atoms with Crippen molar-refractivity contribution in [2.75, 3.05) is 0 Å². The van der Waals surface area contributed by atoms with E-state index in [4.69, 9.17) is 4.74 Å². The molecule has 3 heteroatoms. The van der Waals surface area contributed by atoms with Crippen LogP contribution in [0.25, 0.3) is 0 Å². The summed E-state index contributed by atoms with van der Waals surface area (Å²) in [4.78, 5) is 0. The van der Waals surface area contributed by atoms with E-state index in [2.05, 4.69) is 5.32 Å². The maximum atomic E-state index is 14.0. The van der Waals surface area contributed by atoms with Crippen LogP contribution in [0.4, 0.5) is 4.39 Å². The van der Waals surface area contributed by atoms with Crippen molar-refractivity contribution < 1.29 is 9.13 Å². The van der Waals surface area contributed by atoms with Crippen LogP contribution >= 0.6 is 0 Å². The van der Waals surface area contributed by atoms with Crippen LogP contribution in [0, 0.1) is 12.7 Å². The predicted octanol–water partition coefficient (Wildman–Crippen LogP) is 4.18. The number of aryl methyl sites for hydroxylation is 1. The first kappa shape index (κ1) is 13.1. The van der Waals surface area contributed by atoms with Gasteiger partial charge < -0.3 is 10.1 Å². The Morgan fingerprint density at radius 1 is 1.20 bits per heavy atom. The molecule has 0 atom stereocenters. The van der Waals surface area contributed by atoms with Gasteiger partial charge in [-0.25, -0.2) is 4.39 Å². The van der Waals surface area contributed by atoms with Crippen LogP contribution < -0.4 is 10.1 Å². The van der Waals surface area contributed by atoms with Crippen molar-refractivity contribution in [3.63, 3.8) is 0 Å². The Hall–Kier alpha value is -1.87. The molecule has 1 saturated carbocycles. The molecule has 1 aliphatic carbocycles. The van der Waals surface area contributed by atoms with Gasteiger partial charge in [-0.1, -0.05) is 18.2 Å². The van der Waals surface area contributed by atoms with E-state index in [1.807, 2.05) is 37.3 Å². The Bertz CT molecular complexity index is 608. The monoisotopic (exact) mass is 271 g/mol. The van der Waals surface area contributed by atoms with E-state index in [1.54, 1.807) is 6.07 Å². The van der Waals surface area contributed by atoms with E-state index >= 15 is 0 Å². The van der Waals surface area contributed by atoms with Crippen LogP contribution in [0.5, 0.6) is 11.5 Å². The number of nitrogens with one attached hydrogen (secondary N) is 1. The molecule has 0 unspecified atom stereocenters. The molecule has 0 amide bonds. The lowest BCUT2D eigenvalue weighted by atomic mass is 10.1. The lowest BCUT2D eigenvalue weighted by Gasteiger charge is -2.13. The van der Waals surface area contributed by atoms with Crippen LogP contribution in [0.15, 0.2) is 42.5 Å². The van der Waals surface area contributed by atoms with E-state index < -0.39 is 0 Å². The number of rotatable bonds is 5. The fourth-order valence-corrected chi connectivity index (χ4v) is 2.15. The molecule has 1 fully saturated rings. The molecular weight excluding hydrogens is 253 g/mol. The highest BCUT2D eigenvalue weighted by molar-refractivity contribution is 5.39. The number of hydrogen-bond donors (Lipinski definition) is 1. The van der Waals surface area contributed by atoms with E-state index in [1.165, 1.54) is 18.9 Å². The quantitative estimate of drug-likeness (QED) is 0.881. The summed E-state index contributed by atoms with van der Waals surface area (Å²) in [7, 11) is 0. The van der Waals surface area contributed by atoms with Crippen molar-refractivity contribution in [1.82, 2.24) is 5.32 Å². The minimum atomic E-state index is -0.219. The molecule has 1 aliphatic rings. The largest absolute Gasteiger partial charge is 0.457 e. The number of hydrogen-bond acceptors (Lipinski definition) is 2. The molecule has 2 nitrogen and oxygen atoms in total. The zero-order valence-electron chi connectivity index (χ0n) is 11.5. The Kier molecular flexibility index (Phi) is 3.70. The van der Waals surface area contributed by atoms with Crippen LogP contribution in [0.1, 0.15) is 24.0 Å². The summed E-state index contributed by atoms with van der Waals surface area (Å²) in [6.45, 7) is 2.52. The third kappa shape index (κ3) is 3.17. The van der Waals surface area contributed by atoms with Gasteiger partial charge >= 0.3 is 0 Å². The topological polar surface area (TPSA) is 21.3 Å². The van der Waals surface area contributed by atoms with Crippen LogP contribution in [0.2, 0.25) is 0 Å². The molecule has 0 saturated heterocycles. The molecule has 0 aromatic heterocycles. The average Bonchev–Trinajstić information content (AvgIpc) is 3.22. The van der Waals surface area contributed by atoms with Gasteiger partial charge in [-0.2, -0.15) is 0 Å². The summed E-state index contributed by atoms with van der Waals surface area (Å²) in [6.07, 6.45) is 2.37. The zero-order valence-corrected chi connectivity index (χ0v) is 11.5. The maximum absolute atomic E-state index is 14.0. The highest BCUT2D eigenvalue weighted by Gasteiger charge is 2.21. The van der Waals surface area contributed by atoms with E-state index in [0.717, 1.165) is 11.3 Å². The molecular formula is C17H18FNO. The van der Waals surface area contributed by atoms with Gasteiger partial charge in [0.2, 0.25) is 0 Å². The van der Waals surface area contributed by atoms with Gasteiger partial charge in [-0.15, -0.1) is 0 Å². The smallest absolute Gasteiger partial charge is 0.134 e. The van der Waals surface area contributed by atoms with Crippen molar-refractivity contribution in [3.8, 4) is 11.5 Å². The van der Waals surface area contributed by atoms with Gasteiger partial charge in [-0.05, 0) is 49.6 Å². The summed E-state index contributed by atoms with van der Waals surface area (Å²) >= 11 is 0.